The molecule has 0 unspecified atom stereocenters. The van der Waals surface area contributed by atoms with Crippen molar-refractivity contribution in [1.29, 1.82) is 0 Å². The van der Waals surface area contributed by atoms with Gasteiger partial charge in [0.05, 0.1) is 22.8 Å². The van der Waals surface area contributed by atoms with Gasteiger partial charge in [0, 0.05) is 22.3 Å². The van der Waals surface area contributed by atoms with E-state index in [1.165, 1.54) is 54.2 Å². The molecule has 12 aromatic rings. The number of pyridine rings is 2. The van der Waals surface area contributed by atoms with Gasteiger partial charge in [-0.1, -0.05) is 194 Å². The predicted octanol–water partition coefficient (Wildman–Crippen LogP) is 16.8. The van der Waals surface area contributed by atoms with Gasteiger partial charge < -0.3 is 0 Å². The number of nitrogens with zero attached hydrogens (tertiary/aromatic N) is 2. The van der Waals surface area contributed by atoms with E-state index in [9.17, 15) is 0 Å². The number of rotatable bonds is 7. The number of hydrogen-bond donors (Lipinski definition) is 0. The number of aromatic nitrogens is 2. The molecule has 0 spiro atoms. The molecule has 2 heteroatoms. The molecule has 0 bridgehead atoms. The monoisotopic (exact) mass is 812 g/mol. The topological polar surface area (TPSA) is 25.8 Å². The summed E-state index contributed by atoms with van der Waals surface area (Å²) in [5.74, 6) is 0. The van der Waals surface area contributed by atoms with Crippen molar-refractivity contribution >= 4 is 43.1 Å². The zero-order chi connectivity index (χ0) is 42.4. The van der Waals surface area contributed by atoms with E-state index >= 15 is 0 Å². The lowest BCUT2D eigenvalue weighted by molar-refractivity contribution is 1.32. The van der Waals surface area contributed by atoms with Crippen LogP contribution in [0.3, 0.4) is 0 Å². The van der Waals surface area contributed by atoms with Gasteiger partial charge in [-0.2, -0.15) is 0 Å². The SMILES string of the molecule is c1ccc2cc(-c3cc(-c4ccc(-c5ccc(-c6cc(-c7ccc8ccccc8c7)cc(-c7ccc8ccccc8c7)n6)cc5)cc4)nc(-c4ccc5ccccc5c4)c3)ccc2c1. The Morgan fingerprint density at radius 1 is 0.156 bits per heavy atom. The average Bonchev–Trinajstić information content (AvgIpc) is 3.38. The van der Waals surface area contributed by atoms with Crippen LogP contribution in [0.2, 0.25) is 0 Å². The molecule has 2 aromatic heterocycles. The fourth-order valence-corrected chi connectivity index (χ4v) is 9.09. The molecule has 0 aliphatic carbocycles. The van der Waals surface area contributed by atoms with Crippen LogP contribution >= 0.6 is 0 Å². The Hall–Kier alpha value is -8.46. The Kier molecular flexibility index (Phi) is 9.20. The second-order valence-electron chi connectivity index (χ2n) is 16.7. The summed E-state index contributed by atoms with van der Waals surface area (Å²) in [6.07, 6.45) is 0. The first kappa shape index (κ1) is 37.3. The molecule has 0 atom stereocenters. The Morgan fingerprint density at radius 2 is 0.391 bits per heavy atom. The van der Waals surface area contributed by atoms with Gasteiger partial charge in [0.25, 0.3) is 0 Å². The predicted molar refractivity (Wildman–Crippen MR) is 270 cm³/mol. The van der Waals surface area contributed by atoms with Gasteiger partial charge in [0.2, 0.25) is 0 Å². The molecule has 0 saturated heterocycles. The smallest absolute Gasteiger partial charge is 0.0715 e. The highest BCUT2D eigenvalue weighted by molar-refractivity contribution is 5.93. The van der Waals surface area contributed by atoms with Crippen molar-refractivity contribution in [2.45, 2.75) is 0 Å². The Labute approximate surface area is 372 Å². The third-order valence-corrected chi connectivity index (χ3v) is 12.6. The van der Waals surface area contributed by atoms with E-state index in [2.05, 4.69) is 243 Å². The first-order valence-corrected chi connectivity index (χ1v) is 21.9. The molecule has 0 fully saturated rings. The van der Waals surface area contributed by atoms with Crippen LogP contribution < -0.4 is 0 Å². The minimum Gasteiger partial charge on any atom is -0.248 e. The molecule has 0 amide bonds. The molecule has 12 rings (SSSR count). The fourth-order valence-electron chi connectivity index (χ4n) is 9.09. The van der Waals surface area contributed by atoms with Gasteiger partial charge in [0.15, 0.2) is 0 Å². The Bertz CT molecular complexity index is 3270. The summed E-state index contributed by atoms with van der Waals surface area (Å²) in [6, 6.07) is 87.3. The standard InChI is InChI=1S/C62H40N2/c1-5-13-49-33-53(29-21-41(49)9-1)57-37-59(63-61(39-57)55-31-23-43-11-3-7-15-51(43)35-55)47-25-17-45(18-26-47)46-19-27-48(28-20-46)60-38-58(54-30-22-42-10-2-6-14-50(42)34-54)40-62(64-60)56-32-24-44-12-4-8-16-52(44)36-56/h1-40H. The second-order valence-corrected chi connectivity index (χ2v) is 16.7. The van der Waals surface area contributed by atoms with Gasteiger partial charge >= 0.3 is 0 Å². The van der Waals surface area contributed by atoms with E-state index < -0.39 is 0 Å². The summed E-state index contributed by atoms with van der Waals surface area (Å²) in [6.45, 7) is 0. The Balaban J connectivity index is 0.894. The molecule has 298 valence electrons. The zero-order valence-corrected chi connectivity index (χ0v) is 35.0. The van der Waals surface area contributed by atoms with Crippen molar-refractivity contribution in [3.63, 3.8) is 0 Å². The van der Waals surface area contributed by atoms with Gasteiger partial charge in [0.1, 0.15) is 0 Å². The highest BCUT2D eigenvalue weighted by atomic mass is 14.7. The molecule has 10 aromatic carbocycles. The molecule has 0 N–H and O–H groups in total. The van der Waals surface area contributed by atoms with Crippen molar-refractivity contribution in [1.82, 2.24) is 9.97 Å². The maximum Gasteiger partial charge on any atom is 0.0715 e. The van der Waals surface area contributed by atoms with E-state index in [-0.39, 0.29) is 0 Å². The van der Waals surface area contributed by atoms with E-state index in [1.54, 1.807) is 0 Å². The van der Waals surface area contributed by atoms with Crippen LogP contribution in [0.25, 0.3) is 122 Å². The third kappa shape index (κ3) is 7.17. The normalized spacial score (nSPS) is 11.4. The molecule has 0 aliphatic rings. The first-order valence-electron chi connectivity index (χ1n) is 21.9. The van der Waals surface area contributed by atoms with Crippen LogP contribution in [0.5, 0.6) is 0 Å². The number of hydrogen-bond acceptors (Lipinski definition) is 2. The summed E-state index contributed by atoms with van der Waals surface area (Å²) < 4.78 is 0. The van der Waals surface area contributed by atoms with E-state index in [0.29, 0.717) is 0 Å². The largest absolute Gasteiger partial charge is 0.248 e. The van der Waals surface area contributed by atoms with Crippen LogP contribution in [0.15, 0.2) is 243 Å². The van der Waals surface area contributed by atoms with Crippen molar-refractivity contribution < 1.29 is 0 Å². The van der Waals surface area contributed by atoms with Gasteiger partial charge in [-0.3, -0.25) is 0 Å². The fraction of sp³-hybridized carbons (Fsp3) is 0. The van der Waals surface area contributed by atoms with Crippen LogP contribution in [0.1, 0.15) is 0 Å². The summed E-state index contributed by atoms with van der Waals surface area (Å²) in [7, 11) is 0. The molecule has 0 radical (unpaired) electrons. The van der Waals surface area contributed by atoms with Crippen LogP contribution in [-0.4, -0.2) is 9.97 Å². The maximum atomic E-state index is 5.30. The Morgan fingerprint density at radius 3 is 0.719 bits per heavy atom. The molecule has 64 heavy (non-hydrogen) atoms. The lowest BCUT2D eigenvalue weighted by Crippen LogP contribution is -1.92. The van der Waals surface area contributed by atoms with Crippen molar-refractivity contribution in [2.75, 3.05) is 0 Å². The lowest BCUT2D eigenvalue weighted by atomic mass is 9.95. The third-order valence-electron chi connectivity index (χ3n) is 12.6. The molecular weight excluding hydrogens is 773 g/mol. The highest BCUT2D eigenvalue weighted by Crippen LogP contribution is 2.36. The highest BCUT2D eigenvalue weighted by Gasteiger charge is 2.14. The zero-order valence-electron chi connectivity index (χ0n) is 35.0. The lowest BCUT2D eigenvalue weighted by Gasteiger charge is -2.13. The van der Waals surface area contributed by atoms with Gasteiger partial charge in [-0.25, -0.2) is 9.97 Å². The summed E-state index contributed by atoms with van der Waals surface area (Å²) in [5, 5.41) is 9.75. The molecular formula is C62H40N2. The summed E-state index contributed by atoms with van der Waals surface area (Å²) >= 11 is 0. The molecule has 0 aliphatic heterocycles. The number of fused-ring (bicyclic) bond motifs is 4. The molecule has 2 heterocycles. The minimum absolute atomic E-state index is 0.940. The molecule has 0 saturated carbocycles. The number of benzene rings is 10. The summed E-state index contributed by atoms with van der Waals surface area (Å²) in [5.41, 5.74) is 15.0. The van der Waals surface area contributed by atoms with Gasteiger partial charge in [-0.15, -0.1) is 0 Å². The van der Waals surface area contributed by atoms with Crippen LogP contribution in [0.4, 0.5) is 0 Å². The van der Waals surface area contributed by atoms with Crippen molar-refractivity contribution in [3.8, 4) is 78.4 Å². The first-order chi connectivity index (χ1) is 31.6. The van der Waals surface area contributed by atoms with E-state index in [0.717, 1.165) is 67.3 Å². The van der Waals surface area contributed by atoms with Crippen molar-refractivity contribution in [2.24, 2.45) is 0 Å². The maximum absolute atomic E-state index is 5.30. The van der Waals surface area contributed by atoms with Gasteiger partial charge in [-0.05, 0) is 125 Å². The van der Waals surface area contributed by atoms with E-state index in [1.807, 2.05) is 0 Å². The quantitative estimate of drug-likeness (QED) is 0.160. The second kappa shape index (κ2) is 15.8. The average molecular weight is 813 g/mol. The van der Waals surface area contributed by atoms with Crippen LogP contribution in [0, 0.1) is 0 Å². The van der Waals surface area contributed by atoms with Crippen molar-refractivity contribution in [3.05, 3.63) is 243 Å². The van der Waals surface area contributed by atoms with Crippen LogP contribution in [-0.2, 0) is 0 Å². The summed E-state index contributed by atoms with van der Waals surface area (Å²) in [4.78, 5) is 10.6. The minimum atomic E-state index is 0.940. The molecule has 2 nitrogen and oxygen atoms in total. The van der Waals surface area contributed by atoms with E-state index in [4.69, 9.17) is 9.97 Å².